The molecule has 0 heterocycles. The molecule has 2 aromatic rings. The van der Waals surface area contributed by atoms with E-state index in [2.05, 4.69) is 5.32 Å². The zero-order valence-corrected chi connectivity index (χ0v) is 14.0. The number of hydrogen-bond donors (Lipinski definition) is 4. The molecule has 1 atom stereocenters. The summed E-state index contributed by atoms with van der Waals surface area (Å²) < 4.78 is 0. The Morgan fingerprint density at radius 2 is 1.73 bits per heavy atom. The van der Waals surface area contributed by atoms with Crippen LogP contribution in [0.1, 0.15) is 28.8 Å². The fraction of sp³-hybridized carbons (Fsp3) is 0.211. The van der Waals surface area contributed by atoms with Gasteiger partial charge < -0.3 is 21.3 Å². The van der Waals surface area contributed by atoms with Crippen LogP contribution in [0, 0.1) is 0 Å². The lowest BCUT2D eigenvalue weighted by atomic mass is 10.0. The van der Waals surface area contributed by atoms with Crippen molar-refractivity contribution >= 4 is 17.8 Å². The lowest BCUT2D eigenvalue weighted by Crippen LogP contribution is -2.44. The van der Waals surface area contributed by atoms with E-state index < -0.39 is 23.8 Å². The molecule has 2 amide bonds. The van der Waals surface area contributed by atoms with Gasteiger partial charge in [-0.15, -0.1) is 0 Å². The molecule has 2 rings (SSSR count). The number of carbonyl (C=O) groups excluding carboxylic acids is 2. The average Bonchev–Trinajstić information content (AvgIpc) is 2.64. The Labute approximate surface area is 150 Å². The molecule has 0 bridgehead atoms. The zero-order valence-electron chi connectivity index (χ0n) is 14.0. The molecule has 0 spiro atoms. The Bertz CT molecular complexity index is 802. The summed E-state index contributed by atoms with van der Waals surface area (Å²) in [5.41, 5.74) is 8.09. The van der Waals surface area contributed by atoms with Crippen LogP contribution >= 0.6 is 0 Å². The molecule has 136 valence electrons. The van der Waals surface area contributed by atoms with Gasteiger partial charge in [-0.2, -0.15) is 0 Å². The van der Waals surface area contributed by atoms with Crippen LogP contribution in [-0.4, -0.2) is 34.0 Å². The van der Waals surface area contributed by atoms with Gasteiger partial charge in [-0.1, -0.05) is 30.3 Å². The molecule has 7 nitrogen and oxygen atoms in total. The number of carboxylic acids is 1. The van der Waals surface area contributed by atoms with E-state index in [-0.39, 0.29) is 19.4 Å². The van der Waals surface area contributed by atoms with E-state index in [9.17, 15) is 19.5 Å². The molecular weight excluding hydrogens is 336 g/mol. The number of hydrogen-bond acceptors (Lipinski definition) is 4. The summed E-state index contributed by atoms with van der Waals surface area (Å²) in [6.07, 6.45) is -0.337. The lowest BCUT2D eigenvalue weighted by molar-refractivity contribution is -0.137. The number of rotatable bonds is 8. The predicted molar refractivity (Wildman–Crippen MR) is 95.1 cm³/mol. The minimum Gasteiger partial charge on any atom is -0.481 e. The van der Waals surface area contributed by atoms with Gasteiger partial charge in [0.25, 0.3) is 5.91 Å². The number of nitrogens with two attached hydrogens (primary N) is 1. The summed E-state index contributed by atoms with van der Waals surface area (Å²) in [7, 11) is 0. The van der Waals surface area contributed by atoms with Gasteiger partial charge in [0.2, 0.25) is 5.91 Å². The number of nitrogens with one attached hydrogen (secondary N) is 1. The van der Waals surface area contributed by atoms with Gasteiger partial charge in [-0.05, 0) is 41.3 Å². The molecule has 2 aromatic carbocycles. The van der Waals surface area contributed by atoms with Gasteiger partial charge in [-0.3, -0.25) is 14.4 Å². The summed E-state index contributed by atoms with van der Waals surface area (Å²) >= 11 is 0. The van der Waals surface area contributed by atoms with E-state index in [0.29, 0.717) is 5.56 Å². The van der Waals surface area contributed by atoms with Crippen molar-refractivity contribution < 1.29 is 24.6 Å². The Hall–Kier alpha value is -3.19. The maximum absolute atomic E-state index is 12.3. The molecule has 0 aliphatic carbocycles. The summed E-state index contributed by atoms with van der Waals surface area (Å²) in [5.74, 6) is -2.35. The van der Waals surface area contributed by atoms with Crippen molar-refractivity contribution in [2.24, 2.45) is 5.73 Å². The van der Waals surface area contributed by atoms with Crippen LogP contribution in [0.4, 0.5) is 0 Å². The van der Waals surface area contributed by atoms with Crippen molar-refractivity contribution in [1.82, 2.24) is 5.32 Å². The largest absolute Gasteiger partial charge is 0.481 e. The van der Waals surface area contributed by atoms with Crippen LogP contribution in [0.5, 0.6) is 0 Å². The third-order valence-corrected chi connectivity index (χ3v) is 3.89. The second-order valence-corrected chi connectivity index (χ2v) is 5.80. The van der Waals surface area contributed by atoms with Crippen LogP contribution in [0.2, 0.25) is 0 Å². The monoisotopic (exact) mass is 356 g/mol. The molecule has 0 aliphatic heterocycles. The minimum atomic E-state index is -1.07. The highest BCUT2D eigenvalue weighted by Crippen LogP contribution is 2.21. The van der Waals surface area contributed by atoms with Crippen LogP contribution in [0.25, 0.3) is 11.1 Å². The Morgan fingerprint density at radius 1 is 1.04 bits per heavy atom. The molecule has 0 aromatic heterocycles. The van der Waals surface area contributed by atoms with Crippen LogP contribution < -0.4 is 11.1 Å². The zero-order chi connectivity index (χ0) is 19.1. The molecule has 7 heteroatoms. The van der Waals surface area contributed by atoms with E-state index in [1.807, 2.05) is 24.3 Å². The topological polar surface area (TPSA) is 130 Å². The Balaban J connectivity index is 2.09. The molecular formula is C19H20N2O5. The van der Waals surface area contributed by atoms with Crippen LogP contribution in [0.3, 0.4) is 0 Å². The SMILES string of the molecule is NC(=O)[C@H](CCC(=O)O)NC(=O)c1ccc(-c2cccc(CO)c2)cc1. The number of carboxylic acid groups (broad SMARTS) is 1. The molecule has 26 heavy (non-hydrogen) atoms. The third kappa shape index (κ3) is 5.15. The lowest BCUT2D eigenvalue weighted by Gasteiger charge is -2.14. The van der Waals surface area contributed by atoms with Crippen molar-refractivity contribution in [1.29, 1.82) is 0 Å². The van der Waals surface area contributed by atoms with Gasteiger partial charge in [0, 0.05) is 12.0 Å². The van der Waals surface area contributed by atoms with E-state index in [4.69, 9.17) is 10.8 Å². The van der Waals surface area contributed by atoms with Gasteiger partial charge in [0.1, 0.15) is 6.04 Å². The molecule has 0 saturated heterocycles. The number of amides is 2. The quantitative estimate of drug-likeness (QED) is 0.566. The van der Waals surface area contributed by atoms with Gasteiger partial charge in [0.05, 0.1) is 6.61 Å². The maximum atomic E-state index is 12.3. The predicted octanol–water partition coefficient (Wildman–Crippen LogP) is 1.29. The van der Waals surface area contributed by atoms with Gasteiger partial charge in [0.15, 0.2) is 0 Å². The second-order valence-electron chi connectivity index (χ2n) is 5.80. The Kier molecular flexibility index (Phi) is 6.46. The third-order valence-electron chi connectivity index (χ3n) is 3.89. The van der Waals surface area contributed by atoms with Gasteiger partial charge >= 0.3 is 5.97 Å². The van der Waals surface area contributed by atoms with E-state index in [1.165, 1.54) is 0 Å². The standard InChI is InChI=1S/C19H20N2O5/c20-18(25)16(8-9-17(23)24)21-19(26)14-6-4-13(5-7-14)15-3-1-2-12(10-15)11-22/h1-7,10,16,22H,8-9,11H2,(H2,20,25)(H,21,26)(H,23,24)/t16-/m0/s1. The molecule has 0 fully saturated rings. The van der Waals surface area contributed by atoms with E-state index in [0.717, 1.165) is 16.7 Å². The highest BCUT2D eigenvalue weighted by atomic mass is 16.4. The first kappa shape index (κ1) is 19.1. The first-order valence-electron chi connectivity index (χ1n) is 8.03. The highest BCUT2D eigenvalue weighted by molar-refractivity contribution is 5.97. The molecule has 0 aliphatic rings. The number of benzene rings is 2. The minimum absolute atomic E-state index is 0.0564. The number of primary amides is 1. The van der Waals surface area contributed by atoms with Gasteiger partial charge in [-0.25, -0.2) is 0 Å². The Morgan fingerprint density at radius 3 is 2.31 bits per heavy atom. The summed E-state index contributed by atoms with van der Waals surface area (Å²) in [6.45, 7) is -0.0564. The summed E-state index contributed by atoms with van der Waals surface area (Å²) in [6, 6.07) is 13.1. The fourth-order valence-corrected chi connectivity index (χ4v) is 2.46. The van der Waals surface area contributed by atoms with Crippen molar-refractivity contribution in [3.8, 4) is 11.1 Å². The second kappa shape index (κ2) is 8.77. The highest BCUT2D eigenvalue weighted by Gasteiger charge is 2.20. The van der Waals surface area contributed by atoms with Crippen molar-refractivity contribution in [2.75, 3.05) is 0 Å². The smallest absolute Gasteiger partial charge is 0.303 e. The van der Waals surface area contributed by atoms with E-state index >= 15 is 0 Å². The maximum Gasteiger partial charge on any atom is 0.303 e. The first-order chi connectivity index (χ1) is 12.4. The molecule has 0 unspecified atom stereocenters. The van der Waals surface area contributed by atoms with Crippen molar-refractivity contribution in [2.45, 2.75) is 25.5 Å². The number of aliphatic hydroxyl groups excluding tert-OH is 1. The van der Waals surface area contributed by atoms with Crippen LogP contribution in [0.15, 0.2) is 48.5 Å². The molecule has 5 N–H and O–H groups in total. The normalized spacial score (nSPS) is 11.6. The fourth-order valence-electron chi connectivity index (χ4n) is 2.46. The molecule has 0 radical (unpaired) electrons. The number of carbonyl (C=O) groups is 3. The van der Waals surface area contributed by atoms with Crippen LogP contribution in [-0.2, 0) is 16.2 Å². The first-order valence-corrected chi connectivity index (χ1v) is 8.03. The van der Waals surface area contributed by atoms with Crippen molar-refractivity contribution in [3.63, 3.8) is 0 Å². The van der Waals surface area contributed by atoms with Crippen molar-refractivity contribution in [3.05, 3.63) is 59.7 Å². The molecule has 0 saturated carbocycles. The number of aliphatic hydroxyl groups is 1. The number of aliphatic carboxylic acids is 1. The average molecular weight is 356 g/mol. The van der Waals surface area contributed by atoms with E-state index in [1.54, 1.807) is 24.3 Å². The summed E-state index contributed by atoms with van der Waals surface area (Å²) in [5, 5.41) is 20.4. The summed E-state index contributed by atoms with van der Waals surface area (Å²) in [4.78, 5) is 34.2.